The lowest BCUT2D eigenvalue weighted by atomic mass is 10.0. The Balaban J connectivity index is 1.58. The number of aromatic nitrogens is 1. The molecule has 9 heteroatoms. The third-order valence-electron chi connectivity index (χ3n) is 6.82. The molecule has 4 rings (SSSR count). The number of benzene rings is 2. The monoisotopic (exact) mass is 562 g/mol. The van der Waals surface area contributed by atoms with Gasteiger partial charge in [-0.2, -0.15) is 0 Å². The number of pyridine rings is 1. The molecule has 0 unspecified atom stereocenters. The molecule has 1 aliphatic carbocycles. The number of nitrogens with zero attached hydrogens (tertiary/aromatic N) is 2. The summed E-state index contributed by atoms with van der Waals surface area (Å²) in [6.45, 7) is 2.41. The van der Waals surface area contributed by atoms with Crippen LogP contribution in [0.25, 0.3) is 0 Å². The van der Waals surface area contributed by atoms with Crippen molar-refractivity contribution in [2.24, 2.45) is 0 Å². The second-order valence-electron chi connectivity index (χ2n) is 9.75. The quantitative estimate of drug-likeness (QED) is 0.279. The first-order valence-electron chi connectivity index (χ1n) is 13.8. The van der Waals surface area contributed by atoms with E-state index in [1.54, 1.807) is 72.9 Å². The highest BCUT2D eigenvalue weighted by atomic mass is 35.5. The SMILES string of the molecule is CCOc1ccc(N(C(=O)CCCC(=O)Nc2ccccn2)[C@@H](C(=O)NC2CCCC2)c2ccc(Cl)cc2)cc1. The first-order chi connectivity index (χ1) is 19.4. The Kier molecular flexibility index (Phi) is 10.5. The summed E-state index contributed by atoms with van der Waals surface area (Å²) in [7, 11) is 0. The highest BCUT2D eigenvalue weighted by Crippen LogP contribution is 2.32. The van der Waals surface area contributed by atoms with E-state index in [1.807, 2.05) is 6.92 Å². The van der Waals surface area contributed by atoms with Crippen LogP contribution in [0.5, 0.6) is 5.75 Å². The minimum absolute atomic E-state index is 0.0731. The lowest BCUT2D eigenvalue weighted by molar-refractivity contribution is -0.127. The molecule has 1 fully saturated rings. The second-order valence-corrected chi connectivity index (χ2v) is 10.2. The van der Waals surface area contributed by atoms with Gasteiger partial charge in [0.05, 0.1) is 6.61 Å². The molecule has 1 aromatic heterocycles. The van der Waals surface area contributed by atoms with Gasteiger partial charge in [0.25, 0.3) is 0 Å². The molecule has 1 saturated carbocycles. The van der Waals surface area contributed by atoms with Crippen molar-refractivity contribution in [3.05, 3.63) is 83.5 Å². The number of amides is 3. The van der Waals surface area contributed by atoms with E-state index in [4.69, 9.17) is 16.3 Å². The number of nitrogens with one attached hydrogen (secondary N) is 2. The number of halogens is 1. The van der Waals surface area contributed by atoms with Gasteiger partial charge in [-0.25, -0.2) is 4.98 Å². The number of rotatable bonds is 12. The Hall–Kier alpha value is -3.91. The van der Waals surface area contributed by atoms with Crippen molar-refractivity contribution in [1.82, 2.24) is 10.3 Å². The van der Waals surface area contributed by atoms with Crippen LogP contribution in [-0.4, -0.2) is 35.4 Å². The van der Waals surface area contributed by atoms with Crippen molar-refractivity contribution < 1.29 is 19.1 Å². The Morgan fingerprint density at radius 1 is 1.00 bits per heavy atom. The lowest BCUT2D eigenvalue weighted by Crippen LogP contribution is -2.46. The fourth-order valence-electron chi connectivity index (χ4n) is 4.88. The van der Waals surface area contributed by atoms with Crippen LogP contribution in [0.15, 0.2) is 72.9 Å². The molecule has 0 aliphatic heterocycles. The fraction of sp³-hybridized carbons (Fsp3) is 0.355. The average Bonchev–Trinajstić information content (AvgIpc) is 3.46. The molecule has 3 aromatic rings. The third kappa shape index (κ3) is 8.05. The van der Waals surface area contributed by atoms with Gasteiger partial charge in [-0.1, -0.05) is 42.6 Å². The molecule has 210 valence electrons. The van der Waals surface area contributed by atoms with Gasteiger partial charge < -0.3 is 15.4 Å². The molecule has 0 bridgehead atoms. The normalized spacial score (nSPS) is 13.8. The summed E-state index contributed by atoms with van der Waals surface area (Å²) in [5, 5.41) is 6.45. The van der Waals surface area contributed by atoms with Crippen molar-refractivity contribution in [2.75, 3.05) is 16.8 Å². The zero-order valence-electron chi connectivity index (χ0n) is 22.6. The van der Waals surface area contributed by atoms with Crippen molar-refractivity contribution in [3.8, 4) is 5.75 Å². The van der Waals surface area contributed by atoms with Crippen LogP contribution in [0.2, 0.25) is 5.02 Å². The summed E-state index contributed by atoms with van der Waals surface area (Å²) < 4.78 is 5.59. The van der Waals surface area contributed by atoms with E-state index in [-0.39, 0.29) is 36.6 Å². The Bertz CT molecular complexity index is 1260. The molecule has 1 heterocycles. The predicted molar refractivity (Wildman–Crippen MR) is 156 cm³/mol. The highest BCUT2D eigenvalue weighted by molar-refractivity contribution is 6.30. The molecule has 2 aromatic carbocycles. The van der Waals surface area contributed by atoms with Gasteiger partial charge in [0.15, 0.2) is 0 Å². The van der Waals surface area contributed by atoms with E-state index in [2.05, 4.69) is 15.6 Å². The van der Waals surface area contributed by atoms with Crippen molar-refractivity contribution in [2.45, 2.75) is 64.0 Å². The lowest BCUT2D eigenvalue weighted by Gasteiger charge is -2.32. The first-order valence-corrected chi connectivity index (χ1v) is 14.1. The van der Waals surface area contributed by atoms with E-state index >= 15 is 0 Å². The van der Waals surface area contributed by atoms with Gasteiger partial charge in [-0.3, -0.25) is 19.3 Å². The maximum Gasteiger partial charge on any atom is 0.248 e. The Morgan fingerprint density at radius 3 is 2.38 bits per heavy atom. The van der Waals surface area contributed by atoms with Crippen molar-refractivity contribution in [1.29, 1.82) is 0 Å². The van der Waals surface area contributed by atoms with Crippen LogP contribution < -0.4 is 20.3 Å². The highest BCUT2D eigenvalue weighted by Gasteiger charge is 2.34. The van der Waals surface area contributed by atoms with Gasteiger partial charge in [0, 0.05) is 35.8 Å². The summed E-state index contributed by atoms with van der Waals surface area (Å²) in [5.41, 5.74) is 1.21. The Morgan fingerprint density at radius 2 is 1.73 bits per heavy atom. The number of hydrogen-bond donors (Lipinski definition) is 2. The summed E-state index contributed by atoms with van der Waals surface area (Å²) in [4.78, 5) is 45.8. The zero-order chi connectivity index (χ0) is 28.3. The molecule has 3 amide bonds. The Labute approximate surface area is 240 Å². The standard InChI is InChI=1S/C31H35ClN4O4/c1-2-40-26-19-17-25(18-20-26)36(29(38)12-7-11-28(37)35-27-10-5-6-21-33-27)30(22-13-15-23(32)16-14-22)31(39)34-24-8-3-4-9-24/h5-6,10,13-21,24,30H,2-4,7-9,11-12H2,1H3,(H,34,39)(H,33,35,37)/t30-/m1/s1. The van der Waals surface area contributed by atoms with Crippen LogP contribution in [-0.2, 0) is 14.4 Å². The number of carbonyl (C=O) groups excluding carboxylic acids is 3. The maximum atomic E-state index is 13.9. The summed E-state index contributed by atoms with van der Waals surface area (Å²) >= 11 is 6.16. The van der Waals surface area contributed by atoms with Crippen LogP contribution >= 0.6 is 11.6 Å². The minimum Gasteiger partial charge on any atom is -0.494 e. The topological polar surface area (TPSA) is 101 Å². The van der Waals surface area contributed by atoms with Crippen LogP contribution in [0, 0.1) is 0 Å². The second kappa shape index (κ2) is 14.5. The van der Waals surface area contributed by atoms with Crippen LogP contribution in [0.3, 0.4) is 0 Å². The number of ether oxygens (including phenoxy) is 1. The van der Waals surface area contributed by atoms with Crippen molar-refractivity contribution >= 4 is 40.8 Å². The van der Waals surface area contributed by atoms with Gasteiger partial charge in [0.1, 0.15) is 17.6 Å². The fourth-order valence-corrected chi connectivity index (χ4v) is 5.01. The van der Waals surface area contributed by atoms with Crippen LogP contribution in [0.4, 0.5) is 11.5 Å². The minimum atomic E-state index is -0.911. The van der Waals surface area contributed by atoms with Gasteiger partial charge in [-0.05, 0) is 80.3 Å². The molecule has 0 radical (unpaired) electrons. The van der Waals surface area contributed by atoms with E-state index in [9.17, 15) is 14.4 Å². The van der Waals surface area contributed by atoms with Gasteiger partial charge >= 0.3 is 0 Å². The first kappa shape index (κ1) is 29.1. The number of hydrogen-bond acceptors (Lipinski definition) is 5. The molecule has 8 nitrogen and oxygen atoms in total. The third-order valence-corrected chi connectivity index (χ3v) is 7.07. The zero-order valence-corrected chi connectivity index (χ0v) is 23.4. The number of carbonyl (C=O) groups is 3. The van der Waals surface area contributed by atoms with Crippen LogP contribution in [0.1, 0.15) is 63.5 Å². The largest absolute Gasteiger partial charge is 0.494 e. The van der Waals surface area contributed by atoms with E-state index < -0.39 is 6.04 Å². The van der Waals surface area contributed by atoms with E-state index in [0.29, 0.717) is 40.9 Å². The van der Waals surface area contributed by atoms with E-state index in [0.717, 1.165) is 25.7 Å². The van der Waals surface area contributed by atoms with Gasteiger partial charge in [0.2, 0.25) is 17.7 Å². The predicted octanol–water partition coefficient (Wildman–Crippen LogP) is 6.08. The molecule has 1 atom stereocenters. The van der Waals surface area contributed by atoms with Gasteiger partial charge in [-0.15, -0.1) is 0 Å². The molecular weight excluding hydrogens is 528 g/mol. The number of anilines is 2. The molecule has 1 aliphatic rings. The molecule has 0 spiro atoms. The summed E-state index contributed by atoms with van der Waals surface area (Å²) in [6.07, 6.45) is 6.09. The maximum absolute atomic E-state index is 13.9. The summed E-state index contributed by atoms with van der Waals surface area (Å²) in [5.74, 6) is 0.387. The molecule has 0 saturated heterocycles. The summed E-state index contributed by atoms with van der Waals surface area (Å²) in [6, 6.07) is 18.5. The molecule has 40 heavy (non-hydrogen) atoms. The molecular formula is C31H35ClN4O4. The average molecular weight is 563 g/mol. The van der Waals surface area contributed by atoms with Crippen molar-refractivity contribution in [3.63, 3.8) is 0 Å². The molecule has 2 N–H and O–H groups in total. The smallest absolute Gasteiger partial charge is 0.248 e. The van der Waals surface area contributed by atoms with E-state index in [1.165, 1.54) is 4.90 Å².